The molecule has 0 radical (unpaired) electrons. The Morgan fingerprint density at radius 1 is 1.31 bits per heavy atom. The Labute approximate surface area is 95.4 Å². The molecule has 0 amide bonds. The molecular weight excluding hydrogens is 227 g/mol. The van der Waals surface area contributed by atoms with Crippen molar-refractivity contribution in [1.29, 1.82) is 0 Å². The number of hydrogen-bond acceptors (Lipinski definition) is 2. The third-order valence-electron chi connectivity index (χ3n) is 2.17. The van der Waals surface area contributed by atoms with E-state index in [0.717, 1.165) is 19.3 Å². The van der Waals surface area contributed by atoms with Crippen LogP contribution in [0.3, 0.4) is 0 Å². The van der Waals surface area contributed by atoms with Gasteiger partial charge in [-0.2, -0.15) is 0 Å². The second-order valence-electron chi connectivity index (χ2n) is 3.60. The second-order valence-corrected chi connectivity index (χ2v) is 5.20. The average Bonchev–Trinajstić information content (AvgIpc) is 2.24. The monoisotopic (exact) mass is 244 g/mol. The molecule has 2 N–H and O–H groups in total. The molecule has 1 rings (SSSR count). The van der Waals surface area contributed by atoms with Gasteiger partial charge in [-0.25, -0.2) is 0 Å². The number of benzene rings is 1. The van der Waals surface area contributed by atoms with Crippen molar-refractivity contribution in [2.75, 3.05) is 6.61 Å². The highest BCUT2D eigenvalue weighted by atomic mass is 31.2. The summed E-state index contributed by atoms with van der Waals surface area (Å²) >= 11 is 0. The maximum Gasteiger partial charge on any atom is 0.356 e. The molecular formula is C11H17O4P. The topological polar surface area (TPSA) is 66.8 Å². The van der Waals surface area contributed by atoms with Crippen molar-refractivity contribution in [2.24, 2.45) is 0 Å². The fraction of sp³-hybridized carbons (Fsp3) is 0.455. The van der Waals surface area contributed by atoms with Crippen LogP contribution in [0.5, 0.6) is 5.75 Å². The third-order valence-corrected chi connectivity index (χ3v) is 3.12. The molecule has 90 valence electrons. The van der Waals surface area contributed by atoms with Gasteiger partial charge in [0.05, 0.1) is 11.9 Å². The van der Waals surface area contributed by atoms with Crippen molar-refractivity contribution in [3.8, 4) is 5.75 Å². The van der Waals surface area contributed by atoms with E-state index < -0.39 is 7.60 Å². The quantitative estimate of drug-likeness (QED) is 0.593. The Balaban J connectivity index is 2.58. The van der Waals surface area contributed by atoms with E-state index >= 15 is 0 Å². The molecule has 1 aromatic carbocycles. The van der Waals surface area contributed by atoms with Crippen LogP contribution >= 0.6 is 7.60 Å². The zero-order valence-electron chi connectivity index (χ0n) is 9.30. The Morgan fingerprint density at radius 2 is 2.06 bits per heavy atom. The van der Waals surface area contributed by atoms with Crippen LogP contribution in [0.25, 0.3) is 0 Å². The molecule has 0 aliphatic heterocycles. The van der Waals surface area contributed by atoms with Crippen LogP contribution in [0.4, 0.5) is 0 Å². The fourth-order valence-corrected chi connectivity index (χ4v) is 1.87. The van der Waals surface area contributed by atoms with Gasteiger partial charge in [0.1, 0.15) is 5.75 Å². The van der Waals surface area contributed by atoms with E-state index in [0.29, 0.717) is 12.4 Å². The Bertz CT molecular complexity index is 372. The Hall–Kier alpha value is -0.830. The van der Waals surface area contributed by atoms with Crippen molar-refractivity contribution in [3.05, 3.63) is 24.3 Å². The van der Waals surface area contributed by atoms with Gasteiger partial charge in [-0.1, -0.05) is 25.8 Å². The van der Waals surface area contributed by atoms with Crippen molar-refractivity contribution in [1.82, 2.24) is 0 Å². The molecule has 0 atom stereocenters. The normalized spacial score (nSPS) is 11.4. The zero-order chi connectivity index (χ0) is 12.0. The van der Waals surface area contributed by atoms with E-state index in [1.54, 1.807) is 12.1 Å². The summed E-state index contributed by atoms with van der Waals surface area (Å²) in [7, 11) is -4.17. The summed E-state index contributed by atoms with van der Waals surface area (Å²) < 4.78 is 16.4. The molecule has 0 aromatic heterocycles. The highest BCUT2D eigenvalue weighted by Gasteiger charge is 2.16. The van der Waals surface area contributed by atoms with Gasteiger partial charge in [0.15, 0.2) is 0 Å². The first-order chi connectivity index (χ1) is 7.54. The van der Waals surface area contributed by atoms with Crippen LogP contribution in [0.2, 0.25) is 0 Å². The van der Waals surface area contributed by atoms with E-state index in [4.69, 9.17) is 14.5 Å². The van der Waals surface area contributed by atoms with Gasteiger partial charge in [0, 0.05) is 0 Å². The number of ether oxygens (including phenoxy) is 1. The van der Waals surface area contributed by atoms with Crippen LogP contribution < -0.4 is 10.0 Å². The maximum absolute atomic E-state index is 11.0. The van der Waals surface area contributed by atoms with Gasteiger partial charge in [-0.15, -0.1) is 0 Å². The van der Waals surface area contributed by atoms with Crippen molar-refractivity contribution in [2.45, 2.75) is 26.2 Å². The van der Waals surface area contributed by atoms with Gasteiger partial charge >= 0.3 is 7.60 Å². The van der Waals surface area contributed by atoms with Crippen LogP contribution in [0, 0.1) is 0 Å². The molecule has 0 saturated carbocycles. The summed E-state index contributed by atoms with van der Waals surface area (Å²) in [5.74, 6) is 0.511. The van der Waals surface area contributed by atoms with Crippen LogP contribution in [-0.4, -0.2) is 16.4 Å². The molecule has 16 heavy (non-hydrogen) atoms. The fourth-order valence-electron chi connectivity index (χ4n) is 1.30. The highest BCUT2D eigenvalue weighted by molar-refractivity contribution is 7.60. The molecule has 0 fully saturated rings. The van der Waals surface area contributed by atoms with Crippen LogP contribution in [0.15, 0.2) is 24.3 Å². The molecule has 0 bridgehead atoms. The third kappa shape index (κ3) is 4.35. The largest absolute Gasteiger partial charge is 0.494 e. The van der Waals surface area contributed by atoms with E-state index in [1.165, 1.54) is 12.1 Å². The predicted molar refractivity (Wildman–Crippen MR) is 63.1 cm³/mol. The zero-order valence-corrected chi connectivity index (χ0v) is 10.2. The number of hydrogen-bond donors (Lipinski definition) is 2. The molecule has 0 aliphatic rings. The lowest BCUT2D eigenvalue weighted by atomic mass is 10.3. The maximum atomic E-state index is 11.0. The number of unbranched alkanes of at least 4 members (excludes halogenated alkanes) is 2. The molecule has 0 spiro atoms. The summed E-state index contributed by atoms with van der Waals surface area (Å²) in [6.45, 7) is 2.69. The molecule has 0 unspecified atom stereocenters. The standard InChI is InChI=1S/C11H17O4P/c1-2-3-4-8-15-10-6-5-7-11(9-10)16(12,13)14/h5-7,9H,2-4,8H2,1H3,(H2,12,13,14). The molecule has 5 heteroatoms. The molecule has 0 saturated heterocycles. The SMILES string of the molecule is CCCCCOc1cccc(P(=O)(O)O)c1. The van der Waals surface area contributed by atoms with Crippen molar-refractivity contribution < 1.29 is 19.1 Å². The minimum absolute atomic E-state index is 0.000455. The van der Waals surface area contributed by atoms with Crippen molar-refractivity contribution >= 4 is 12.9 Å². The average molecular weight is 244 g/mol. The Morgan fingerprint density at radius 3 is 2.69 bits per heavy atom. The van der Waals surface area contributed by atoms with Gasteiger partial charge in [-0.3, -0.25) is 4.57 Å². The Kier molecular flexibility index (Phi) is 5.00. The van der Waals surface area contributed by atoms with E-state index in [9.17, 15) is 4.57 Å². The van der Waals surface area contributed by atoms with Gasteiger partial charge in [0.25, 0.3) is 0 Å². The molecule has 0 aliphatic carbocycles. The minimum Gasteiger partial charge on any atom is -0.494 e. The molecule has 1 aromatic rings. The molecule has 4 nitrogen and oxygen atoms in total. The van der Waals surface area contributed by atoms with Crippen molar-refractivity contribution in [3.63, 3.8) is 0 Å². The molecule has 0 heterocycles. The predicted octanol–water partition coefficient (Wildman–Crippen LogP) is 2.06. The lowest BCUT2D eigenvalue weighted by Gasteiger charge is -2.08. The second kappa shape index (κ2) is 6.04. The van der Waals surface area contributed by atoms with Gasteiger partial charge in [0.2, 0.25) is 0 Å². The first-order valence-electron chi connectivity index (χ1n) is 5.33. The minimum atomic E-state index is -4.17. The lowest BCUT2D eigenvalue weighted by molar-refractivity contribution is 0.306. The lowest BCUT2D eigenvalue weighted by Crippen LogP contribution is -2.05. The van der Waals surface area contributed by atoms with E-state index in [1.807, 2.05) is 0 Å². The van der Waals surface area contributed by atoms with Crippen LogP contribution in [0.1, 0.15) is 26.2 Å². The first-order valence-corrected chi connectivity index (χ1v) is 6.94. The number of rotatable bonds is 6. The summed E-state index contributed by atoms with van der Waals surface area (Å²) in [4.78, 5) is 18.0. The first kappa shape index (κ1) is 13.2. The summed E-state index contributed by atoms with van der Waals surface area (Å²) in [6.07, 6.45) is 3.17. The smallest absolute Gasteiger partial charge is 0.356 e. The summed E-state index contributed by atoms with van der Waals surface area (Å²) in [5.41, 5.74) is 0. The highest BCUT2D eigenvalue weighted by Crippen LogP contribution is 2.34. The van der Waals surface area contributed by atoms with Crippen LogP contribution in [-0.2, 0) is 4.57 Å². The van der Waals surface area contributed by atoms with Gasteiger partial charge in [-0.05, 0) is 24.6 Å². The summed E-state index contributed by atoms with van der Waals surface area (Å²) in [6, 6.07) is 6.08. The van der Waals surface area contributed by atoms with E-state index in [-0.39, 0.29) is 5.30 Å². The van der Waals surface area contributed by atoms with E-state index in [2.05, 4.69) is 6.92 Å². The summed E-state index contributed by atoms with van der Waals surface area (Å²) in [5, 5.41) is 0.000455. The van der Waals surface area contributed by atoms with Gasteiger partial charge < -0.3 is 14.5 Å².